The molecule has 0 saturated carbocycles. The Morgan fingerprint density at radius 3 is 3.06 bits per heavy atom. The van der Waals surface area contributed by atoms with Gasteiger partial charge >= 0.3 is 0 Å². The first-order valence-electron chi connectivity index (χ1n) is 5.07. The number of primary amides is 1. The van der Waals surface area contributed by atoms with Gasteiger partial charge in [-0.05, 0) is 6.92 Å². The van der Waals surface area contributed by atoms with Crippen molar-refractivity contribution in [2.75, 3.05) is 11.1 Å². The van der Waals surface area contributed by atoms with Gasteiger partial charge in [-0.15, -0.1) is 0 Å². The fraction of sp³-hybridized carbons (Fsp3) is 0.333. The Morgan fingerprint density at radius 1 is 1.59 bits per heavy atom. The molecule has 8 nitrogen and oxygen atoms in total. The third-order valence-electron chi connectivity index (χ3n) is 2.19. The second-order valence-electron chi connectivity index (χ2n) is 3.75. The second kappa shape index (κ2) is 4.24. The fourth-order valence-corrected chi connectivity index (χ4v) is 1.54. The molecule has 2 rings (SSSR count). The van der Waals surface area contributed by atoms with Crippen molar-refractivity contribution in [1.29, 1.82) is 0 Å². The van der Waals surface area contributed by atoms with Crippen LogP contribution in [0.25, 0.3) is 11.2 Å². The Bertz CT molecular complexity index is 549. The van der Waals surface area contributed by atoms with Crippen molar-refractivity contribution in [2.45, 2.75) is 19.4 Å². The monoisotopic (exact) mass is 235 g/mol. The molecule has 2 aromatic heterocycles. The van der Waals surface area contributed by atoms with E-state index >= 15 is 0 Å². The molecule has 1 atom stereocenters. The number of carbonyl (C=O) groups is 1. The number of fused-ring (bicyclic) bond motifs is 1. The summed E-state index contributed by atoms with van der Waals surface area (Å²) in [5, 5.41) is 3.04. The number of rotatable bonds is 4. The van der Waals surface area contributed by atoms with E-state index in [0.717, 1.165) is 0 Å². The SMILES string of the molecule is CC(CC(N)=O)Nc1nc(N)nc2nc[nH]c12. The topological polar surface area (TPSA) is 136 Å². The average Bonchev–Trinajstić information content (AvgIpc) is 2.63. The highest BCUT2D eigenvalue weighted by Gasteiger charge is 2.12. The van der Waals surface area contributed by atoms with Crippen LogP contribution in [-0.4, -0.2) is 31.9 Å². The molecule has 2 aromatic rings. The molecule has 0 aliphatic rings. The van der Waals surface area contributed by atoms with E-state index in [9.17, 15) is 4.79 Å². The zero-order chi connectivity index (χ0) is 12.4. The number of nitrogens with two attached hydrogens (primary N) is 2. The highest BCUT2D eigenvalue weighted by molar-refractivity contribution is 5.84. The number of imidazole rings is 1. The van der Waals surface area contributed by atoms with Crippen molar-refractivity contribution in [2.24, 2.45) is 5.73 Å². The van der Waals surface area contributed by atoms with Crippen molar-refractivity contribution in [3.05, 3.63) is 6.33 Å². The van der Waals surface area contributed by atoms with E-state index in [1.165, 1.54) is 6.33 Å². The number of nitrogens with one attached hydrogen (secondary N) is 2. The zero-order valence-corrected chi connectivity index (χ0v) is 9.27. The van der Waals surface area contributed by atoms with Gasteiger partial charge in [0.1, 0.15) is 5.52 Å². The van der Waals surface area contributed by atoms with Gasteiger partial charge in [0.05, 0.1) is 6.33 Å². The molecule has 0 spiro atoms. The molecule has 6 N–H and O–H groups in total. The zero-order valence-electron chi connectivity index (χ0n) is 9.27. The molecule has 17 heavy (non-hydrogen) atoms. The van der Waals surface area contributed by atoms with Gasteiger partial charge in [-0.2, -0.15) is 9.97 Å². The standard InChI is InChI=1S/C9H13N7O/c1-4(2-5(10)17)14-8-6-7(13-3-12-6)15-9(11)16-8/h3-4H,2H2,1H3,(H2,10,17)(H4,11,12,13,14,15,16). The highest BCUT2D eigenvalue weighted by atomic mass is 16.1. The van der Waals surface area contributed by atoms with Crippen LogP contribution in [-0.2, 0) is 4.79 Å². The molecule has 2 heterocycles. The largest absolute Gasteiger partial charge is 0.370 e. The molecular formula is C9H13N7O. The summed E-state index contributed by atoms with van der Waals surface area (Å²) >= 11 is 0. The predicted molar refractivity (Wildman–Crippen MR) is 63.0 cm³/mol. The maximum atomic E-state index is 10.8. The lowest BCUT2D eigenvalue weighted by molar-refractivity contribution is -0.118. The van der Waals surface area contributed by atoms with Crippen molar-refractivity contribution in [3.63, 3.8) is 0 Å². The molecule has 90 valence electrons. The van der Waals surface area contributed by atoms with E-state index in [0.29, 0.717) is 17.0 Å². The number of H-pyrrole nitrogens is 1. The lowest BCUT2D eigenvalue weighted by Crippen LogP contribution is -2.24. The first-order chi connectivity index (χ1) is 8.06. The summed E-state index contributed by atoms with van der Waals surface area (Å²) in [4.78, 5) is 25.7. The highest BCUT2D eigenvalue weighted by Crippen LogP contribution is 2.18. The minimum Gasteiger partial charge on any atom is -0.370 e. The van der Waals surface area contributed by atoms with E-state index in [1.807, 2.05) is 6.92 Å². The van der Waals surface area contributed by atoms with Crippen LogP contribution >= 0.6 is 0 Å². The number of hydrogen-bond acceptors (Lipinski definition) is 6. The molecule has 1 unspecified atom stereocenters. The normalized spacial score (nSPS) is 12.5. The van der Waals surface area contributed by atoms with Crippen LogP contribution in [0.2, 0.25) is 0 Å². The number of anilines is 2. The van der Waals surface area contributed by atoms with E-state index < -0.39 is 0 Å². The van der Waals surface area contributed by atoms with Gasteiger partial charge < -0.3 is 21.8 Å². The van der Waals surface area contributed by atoms with Crippen molar-refractivity contribution >= 4 is 28.8 Å². The number of amides is 1. The second-order valence-corrected chi connectivity index (χ2v) is 3.75. The van der Waals surface area contributed by atoms with Gasteiger partial charge in [0.2, 0.25) is 11.9 Å². The smallest absolute Gasteiger partial charge is 0.224 e. The first-order valence-corrected chi connectivity index (χ1v) is 5.07. The van der Waals surface area contributed by atoms with E-state index in [2.05, 4.69) is 25.3 Å². The maximum absolute atomic E-state index is 10.8. The van der Waals surface area contributed by atoms with Gasteiger partial charge in [0, 0.05) is 12.5 Å². The van der Waals surface area contributed by atoms with Gasteiger partial charge in [0.25, 0.3) is 0 Å². The van der Waals surface area contributed by atoms with Crippen molar-refractivity contribution in [1.82, 2.24) is 19.9 Å². The molecule has 1 amide bonds. The molecular weight excluding hydrogens is 222 g/mol. The molecule has 0 fully saturated rings. The third kappa shape index (κ3) is 2.41. The predicted octanol–water partition coefficient (Wildman–Crippen LogP) is -0.389. The van der Waals surface area contributed by atoms with Gasteiger partial charge in [-0.1, -0.05) is 0 Å². The molecule has 0 aliphatic heterocycles. The van der Waals surface area contributed by atoms with Gasteiger partial charge in [-0.25, -0.2) is 4.98 Å². The number of carbonyl (C=O) groups excluding carboxylic acids is 1. The fourth-order valence-electron chi connectivity index (χ4n) is 1.54. The van der Waals surface area contributed by atoms with E-state index in [-0.39, 0.29) is 24.3 Å². The summed E-state index contributed by atoms with van der Waals surface area (Å²) in [6, 6.07) is -0.145. The number of aromatic nitrogens is 4. The molecule has 0 aromatic carbocycles. The van der Waals surface area contributed by atoms with Crippen LogP contribution < -0.4 is 16.8 Å². The Hall–Kier alpha value is -2.38. The number of nitrogens with zero attached hydrogens (tertiary/aromatic N) is 3. The molecule has 8 heteroatoms. The quantitative estimate of drug-likeness (QED) is 0.569. The lowest BCUT2D eigenvalue weighted by Gasteiger charge is -2.13. The van der Waals surface area contributed by atoms with E-state index in [4.69, 9.17) is 11.5 Å². The Morgan fingerprint density at radius 2 is 2.35 bits per heavy atom. The van der Waals surface area contributed by atoms with Crippen LogP contribution in [0.1, 0.15) is 13.3 Å². The summed E-state index contributed by atoms with van der Waals surface area (Å²) in [5.74, 6) is 0.255. The summed E-state index contributed by atoms with van der Waals surface area (Å²) in [6.07, 6.45) is 1.71. The first kappa shape index (κ1) is 11.1. The Balaban J connectivity index is 2.28. The lowest BCUT2D eigenvalue weighted by atomic mass is 10.2. The number of aromatic amines is 1. The third-order valence-corrected chi connectivity index (χ3v) is 2.19. The average molecular weight is 235 g/mol. The van der Waals surface area contributed by atoms with Gasteiger partial charge in [0.15, 0.2) is 11.5 Å². The maximum Gasteiger partial charge on any atom is 0.224 e. The molecule has 0 saturated heterocycles. The molecule has 0 bridgehead atoms. The summed E-state index contributed by atoms with van der Waals surface area (Å²) in [6.45, 7) is 1.82. The molecule has 0 radical (unpaired) electrons. The minimum absolute atomic E-state index is 0.123. The van der Waals surface area contributed by atoms with Crippen LogP contribution in [0.5, 0.6) is 0 Å². The minimum atomic E-state index is -0.382. The number of nitrogen functional groups attached to an aromatic ring is 1. The van der Waals surface area contributed by atoms with Crippen LogP contribution in [0.3, 0.4) is 0 Å². The summed E-state index contributed by atoms with van der Waals surface area (Å²) < 4.78 is 0. The van der Waals surface area contributed by atoms with Crippen molar-refractivity contribution < 1.29 is 4.79 Å². The van der Waals surface area contributed by atoms with Gasteiger partial charge in [-0.3, -0.25) is 4.79 Å². The molecule has 0 aliphatic carbocycles. The Kier molecular flexibility index (Phi) is 2.77. The van der Waals surface area contributed by atoms with Crippen LogP contribution in [0.4, 0.5) is 11.8 Å². The Labute approximate surface area is 96.8 Å². The summed E-state index contributed by atoms with van der Waals surface area (Å²) in [7, 11) is 0. The van der Waals surface area contributed by atoms with Crippen molar-refractivity contribution in [3.8, 4) is 0 Å². The van der Waals surface area contributed by atoms with E-state index in [1.54, 1.807) is 0 Å². The van der Waals surface area contributed by atoms with Crippen LogP contribution in [0, 0.1) is 0 Å². The number of hydrogen-bond donors (Lipinski definition) is 4. The van der Waals surface area contributed by atoms with Crippen LogP contribution in [0.15, 0.2) is 6.33 Å². The summed E-state index contributed by atoms with van der Waals surface area (Å²) in [5.41, 5.74) is 11.8.